The third-order valence-corrected chi connectivity index (χ3v) is 4.47. The fourth-order valence-electron chi connectivity index (χ4n) is 3.13. The van der Waals surface area contributed by atoms with Crippen molar-refractivity contribution in [1.29, 1.82) is 0 Å². The number of nitrogens with two attached hydrogens (primary N) is 1. The smallest absolute Gasteiger partial charge is 0.383 e. The van der Waals surface area contributed by atoms with Crippen molar-refractivity contribution in [3.05, 3.63) is 23.8 Å². The lowest BCUT2D eigenvalue weighted by Gasteiger charge is -2.20. The lowest BCUT2D eigenvalue weighted by Crippen LogP contribution is -2.30. The first-order chi connectivity index (χ1) is 11.4. The van der Waals surface area contributed by atoms with Gasteiger partial charge < -0.3 is 16.4 Å². The molecule has 0 radical (unpaired) electrons. The highest BCUT2D eigenvalue weighted by Crippen LogP contribution is 2.36. The summed E-state index contributed by atoms with van der Waals surface area (Å²) >= 11 is 0. The Morgan fingerprint density at radius 2 is 1.92 bits per heavy atom. The number of anilines is 2. The Hall–Kier alpha value is -1.18. The quantitative estimate of drug-likeness (QED) is 0.631. The van der Waals surface area contributed by atoms with Crippen molar-refractivity contribution in [2.45, 2.75) is 38.8 Å². The Kier molecular flexibility index (Phi) is 10.4. The van der Waals surface area contributed by atoms with E-state index in [0.29, 0.717) is 18.8 Å². The SMILES string of the molecule is CCCNc1ccc(C(F)(F)F)cc1NC(=O)[C@@H]1CCC[C@@H]1CN.Cl.Cl. The summed E-state index contributed by atoms with van der Waals surface area (Å²) in [6, 6.07) is 3.37. The number of alkyl halides is 3. The molecule has 2 atom stereocenters. The van der Waals surface area contributed by atoms with Crippen LogP contribution in [-0.2, 0) is 11.0 Å². The first kappa shape index (κ1) is 24.8. The molecule has 0 aromatic heterocycles. The molecule has 9 heteroatoms. The molecule has 0 aliphatic heterocycles. The molecule has 0 heterocycles. The van der Waals surface area contributed by atoms with E-state index >= 15 is 0 Å². The highest BCUT2D eigenvalue weighted by Gasteiger charge is 2.34. The third-order valence-electron chi connectivity index (χ3n) is 4.47. The Balaban J connectivity index is 0.00000312. The summed E-state index contributed by atoms with van der Waals surface area (Å²) in [5.41, 5.74) is 5.59. The maximum atomic E-state index is 13.0. The lowest BCUT2D eigenvalue weighted by molar-refractivity contribution is -0.137. The Labute approximate surface area is 164 Å². The van der Waals surface area contributed by atoms with Crippen molar-refractivity contribution in [2.24, 2.45) is 17.6 Å². The van der Waals surface area contributed by atoms with Gasteiger partial charge in [-0.2, -0.15) is 13.2 Å². The average Bonchev–Trinajstić information content (AvgIpc) is 3.01. The van der Waals surface area contributed by atoms with Gasteiger partial charge in [0, 0.05) is 12.5 Å². The van der Waals surface area contributed by atoms with Crippen molar-refractivity contribution < 1.29 is 18.0 Å². The van der Waals surface area contributed by atoms with E-state index in [2.05, 4.69) is 10.6 Å². The topological polar surface area (TPSA) is 67.1 Å². The van der Waals surface area contributed by atoms with E-state index in [-0.39, 0.29) is 48.2 Å². The predicted molar refractivity (Wildman–Crippen MR) is 103 cm³/mol. The van der Waals surface area contributed by atoms with Crippen LogP contribution in [0.15, 0.2) is 18.2 Å². The fraction of sp³-hybridized carbons (Fsp3) is 0.588. The van der Waals surface area contributed by atoms with Gasteiger partial charge in [-0.1, -0.05) is 13.3 Å². The molecule has 150 valence electrons. The van der Waals surface area contributed by atoms with Gasteiger partial charge in [-0.3, -0.25) is 4.79 Å². The van der Waals surface area contributed by atoms with E-state index in [0.717, 1.165) is 37.8 Å². The van der Waals surface area contributed by atoms with Gasteiger partial charge in [0.05, 0.1) is 16.9 Å². The summed E-state index contributed by atoms with van der Waals surface area (Å²) in [5.74, 6) is -0.381. The summed E-state index contributed by atoms with van der Waals surface area (Å²) in [4.78, 5) is 12.5. The van der Waals surface area contributed by atoms with Crippen LogP contribution in [0.4, 0.5) is 24.5 Å². The van der Waals surface area contributed by atoms with Crippen LogP contribution in [0, 0.1) is 11.8 Å². The Morgan fingerprint density at radius 1 is 1.23 bits per heavy atom. The predicted octanol–water partition coefficient (Wildman–Crippen LogP) is 4.68. The van der Waals surface area contributed by atoms with Crippen molar-refractivity contribution in [3.8, 4) is 0 Å². The van der Waals surface area contributed by atoms with Gasteiger partial charge >= 0.3 is 6.18 Å². The van der Waals surface area contributed by atoms with Crippen molar-refractivity contribution in [1.82, 2.24) is 0 Å². The average molecular weight is 416 g/mol. The second kappa shape index (κ2) is 10.8. The second-order valence-electron chi connectivity index (χ2n) is 6.21. The van der Waals surface area contributed by atoms with E-state index in [1.807, 2.05) is 6.92 Å². The highest BCUT2D eigenvalue weighted by molar-refractivity contribution is 5.96. The molecule has 1 fully saturated rings. The normalized spacial score (nSPS) is 19.3. The Bertz CT molecular complexity index is 585. The number of carbonyl (C=O) groups excluding carboxylic acids is 1. The number of benzene rings is 1. The van der Waals surface area contributed by atoms with Gasteiger partial charge in [0.1, 0.15) is 0 Å². The van der Waals surface area contributed by atoms with Crippen LogP contribution in [0.2, 0.25) is 0 Å². The number of hydrogen-bond acceptors (Lipinski definition) is 3. The van der Waals surface area contributed by atoms with Gasteiger partial charge in [-0.25, -0.2) is 0 Å². The van der Waals surface area contributed by atoms with Gasteiger partial charge in [0.15, 0.2) is 0 Å². The minimum absolute atomic E-state index is 0. The summed E-state index contributed by atoms with van der Waals surface area (Å²) in [6.45, 7) is 2.99. The van der Waals surface area contributed by atoms with Crippen LogP contribution < -0.4 is 16.4 Å². The minimum atomic E-state index is -4.45. The van der Waals surface area contributed by atoms with Crippen molar-refractivity contribution in [3.63, 3.8) is 0 Å². The molecule has 0 bridgehead atoms. The molecule has 1 amide bonds. The molecular formula is C17H26Cl2F3N3O. The summed E-state index contributed by atoms with van der Waals surface area (Å²) in [5, 5.41) is 5.74. The molecule has 2 rings (SSSR count). The van der Waals surface area contributed by atoms with Crippen LogP contribution in [-0.4, -0.2) is 19.0 Å². The molecule has 1 aromatic carbocycles. The van der Waals surface area contributed by atoms with Crippen molar-refractivity contribution >= 4 is 42.1 Å². The van der Waals surface area contributed by atoms with E-state index < -0.39 is 11.7 Å². The fourth-order valence-corrected chi connectivity index (χ4v) is 3.13. The maximum absolute atomic E-state index is 13.0. The van der Waals surface area contributed by atoms with E-state index in [1.54, 1.807) is 0 Å². The summed E-state index contributed by atoms with van der Waals surface area (Å²) in [6.07, 6.45) is -1.09. The van der Waals surface area contributed by atoms with Gasteiger partial charge in [-0.15, -0.1) is 24.8 Å². The molecule has 0 unspecified atom stereocenters. The first-order valence-corrected chi connectivity index (χ1v) is 8.32. The van der Waals surface area contributed by atoms with Crippen LogP contribution >= 0.6 is 24.8 Å². The zero-order valence-corrected chi connectivity index (χ0v) is 16.2. The molecule has 1 aliphatic carbocycles. The van der Waals surface area contributed by atoms with Crippen LogP contribution in [0.5, 0.6) is 0 Å². The number of nitrogens with one attached hydrogen (secondary N) is 2. The summed E-state index contributed by atoms with van der Waals surface area (Å²) in [7, 11) is 0. The molecular weight excluding hydrogens is 390 g/mol. The van der Waals surface area contributed by atoms with Crippen LogP contribution in [0.1, 0.15) is 38.2 Å². The zero-order valence-electron chi connectivity index (χ0n) is 14.6. The first-order valence-electron chi connectivity index (χ1n) is 8.32. The van der Waals surface area contributed by atoms with E-state index in [4.69, 9.17) is 5.73 Å². The molecule has 4 nitrogen and oxygen atoms in total. The minimum Gasteiger partial charge on any atom is -0.383 e. The van der Waals surface area contributed by atoms with E-state index in [9.17, 15) is 18.0 Å². The molecule has 26 heavy (non-hydrogen) atoms. The van der Waals surface area contributed by atoms with Crippen LogP contribution in [0.25, 0.3) is 0 Å². The largest absolute Gasteiger partial charge is 0.416 e. The molecule has 1 saturated carbocycles. The number of rotatable bonds is 6. The molecule has 0 saturated heterocycles. The van der Waals surface area contributed by atoms with Crippen molar-refractivity contribution in [2.75, 3.05) is 23.7 Å². The van der Waals surface area contributed by atoms with Gasteiger partial charge in [0.25, 0.3) is 0 Å². The monoisotopic (exact) mass is 415 g/mol. The Morgan fingerprint density at radius 3 is 2.50 bits per heavy atom. The number of hydrogen-bond donors (Lipinski definition) is 3. The molecule has 1 aliphatic rings. The van der Waals surface area contributed by atoms with E-state index in [1.165, 1.54) is 6.07 Å². The molecule has 1 aromatic rings. The lowest BCUT2D eigenvalue weighted by atomic mass is 9.95. The molecule has 4 N–H and O–H groups in total. The maximum Gasteiger partial charge on any atom is 0.416 e. The zero-order chi connectivity index (χ0) is 17.7. The third kappa shape index (κ3) is 6.21. The number of amides is 1. The number of carbonyl (C=O) groups is 1. The van der Waals surface area contributed by atoms with Gasteiger partial charge in [0.2, 0.25) is 5.91 Å². The summed E-state index contributed by atoms with van der Waals surface area (Å²) < 4.78 is 38.9. The molecule has 0 spiro atoms. The number of halogens is 5. The van der Waals surface area contributed by atoms with Gasteiger partial charge in [-0.05, 0) is 49.9 Å². The van der Waals surface area contributed by atoms with Crippen LogP contribution in [0.3, 0.4) is 0 Å². The standard InChI is InChI=1S/C17H24F3N3O.2ClH/c1-2-8-22-14-7-6-12(17(18,19)20)9-15(14)23-16(24)13-5-3-4-11(13)10-21;;/h6-7,9,11,13,22H,2-5,8,10,21H2,1H3,(H,23,24);2*1H/t11-,13-;;/m1../s1. The second-order valence-corrected chi connectivity index (χ2v) is 6.21. The highest BCUT2D eigenvalue weighted by atomic mass is 35.5.